The molecule has 5 atom stereocenters. The minimum atomic E-state index is -1.33. The molecule has 38 heavy (non-hydrogen) atoms. The average molecular weight is 536 g/mol. The van der Waals surface area contributed by atoms with E-state index in [0.717, 1.165) is 0 Å². The molecule has 0 saturated carbocycles. The number of carbonyl (C=O) groups is 4. The molecule has 1 rings (SSSR count). The van der Waals surface area contributed by atoms with E-state index in [1.165, 1.54) is 12.1 Å². The minimum Gasteiger partial charge on any atom is -0.480 e. The highest BCUT2D eigenvalue weighted by Crippen LogP contribution is 2.36. The molecule has 0 aliphatic heterocycles. The van der Waals surface area contributed by atoms with E-state index in [4.69, 9.17) is 19.9 Å². The molecule has 3 N–H and O–H groups in total. The molecule has 0 amide bonds. The molecule has 4 unspecified atom stereocenters. The topological polar surface area (TPSA) is 142 Å². The van der Waals surface area contributed by atoms with E-state index < -0.39 is 47.8 Å². The molecule has 0 radical (unpaired) electrons. The van der Waals surface area contributed by atoms with Crippen molar-refractivity contribution >= 4 is 23.9 Å². The molecule has 0 fully saturated rings. The predicted molar refractivity (Wildman–Crippen MR) is 144 cm³/mol. The van der Waals surface area contributed by atoms with Crippen molar-refractivity contribution in [3.63, 3.8) is 0 Å². The van der Waals surface area contributed by atoms with Gasteiger partial charge in [0, 0.05) is 12.3 Å². The first-order chi connectivity index (χ1) is 17.5. The zero-order chi connectivity index (χ0) is 29.3. The quantitative estimate of drug-likeness (QED) is 0.250. The third-order valence-electron chi connectivity index (χ3n) is 6.77. The molecular weight excluding hydrogens is 490 g/mol. The average Bonchev–Trinajstić information content (AvgIpc) is 2.81. The summed E-state index contributed by atoms with van der Waals surface area (Å²) in [6, 6.07) is 3.21. The number of esters is 3. The predicted octanol–water partition coefficient (Wildman–Crippen LogP) is 4.95. The number of benzene rings is 1. The standard InChI is InChI=1S/C29H45NO8/c1-15(2)12-25(31)36-18(7)13-22(26(30)27(32)33)21-10-11-23(37-28(34)19(8)16(3)4)24(14-21)38-29(35)20(9)17(5)6/h10-11,14-20,22,26H,12-13,30H2,1-9H3,(H,32,33)/t18?,19?,20?,22?,26-/m0/s1. The Morgan fingerprint density at radius 1 is 0.816 bits per heavy atom. The monoisotopic (exact) mass is 535 g/mol. The van der Waals surface area contributed by atoms with Crippen LogP contribution in [0.1, 0.15) is 86.6 Å². The normalized spacial score (nSPS) is 15.5. The maximum atomic E-state index is 12.8. The maximum Gasteiger partial charge on any atom is 0.321 e. The molecule has 0 saturated heterocycles. The summed E-state index contributed by atoms with van der Waals surface area (Å²) in [5.74, 6) is -4.02. The molecule has 1 aromatic carbocycles. The van der Waals surface area contributed by atoms with E-state index in [1.54, 1.807) is 26.8 Å². The van der Waals surface area contributed by atoms with Crippen LogP contribution in [-0.4, -0.2) is 41.1 Å². The first-order valence-corrected chi connectivity index (χ1v) is 13.3. The first kappa shape index (κ1) is 33.1. The van der Waals surface area contributed by atoms with Crippen LogP contribution in [0.15, 0.2) is 18.2 Å². The van der Waals surface area contributed by atoms with Crippen LogP contribution in [0.2, 0.25) is 0 Å². The number of aliphatic carboxylic acids is 1. The number of carbonyl (C=O) groups excluding carboxylic acids is 3. The van der Waals surface area contributed by atoms with Gasteiger partial charge in [-0.2, -0.15) is 0 Å². The number of ether oxygens (including phenoxy) is 3. The second-order valence-electron chi connectivity index (χ2n) is 11.2. The third-order valence-corrected chi connectivity index (χ3v) is 6.77. The van der Waals surface area contributed by atoms with Crippen molar-refractivity contribution in [2.75, 3.05) is 0 Å². The summed E-state index contributed by atoms with van der Waals surface area (Å²) < 4.78 is 16.7. The van der Waals surface area contributed by atoms with Crippen LogP contribution in [-0.2, 0) is 23.9 Å². The molecule has 9 heteroatoms. The number of rotatable bonds is 14. The molecule has 0 aliphatic rings. The van der Waals surface area contributed by atoms with E-state index in [1.807, 2.05) is 41.5 Å². The Morgan fingerprint density at radius 2 is 1.32 bits per heavy atom. The van der Waals surface area contributed by atoms with Crippen molar-refractivity contribution in [3.05, 3.63) is 23.8 Å². The molecule has 0 heterocycles. The van der Waals surface area contributed by atoms with Gasteiger partial charge in [0.2, 0.25) is 0 Å². The van der Waals surface area contributed by atoms with E-state index >= 15 is 0 Å². The van der Waals surface area contributed by atoms with Gasteiger partial charge in [-0.3, -0.25) is 19.2 Å². The highest BCUT2D eigenvalue weighted by atomic mass is 16.6. The molecule has 214 valence electrons. The van der Waals surface area contributed by atoms with Crippen molar-refractivity contribution < 1.29 is 38.5 Å². The van der Waals surface area contributed by atoms with E-state index in [9.17, 15) is 24.3 Å². The Morgan fingerprint density at radius 3 is 1.76 bits per heavy atom. The summed E-state index contributed by atoms with van der Waals surface area (Å²) in [7, 11) is 0. The summed E-state index contributed by atoms with van der Waals surface area (Å²) >= 11 is 0. The number of hydrogen-bond acceptors (Lipinski definition) is 8. The Bertz CT molecular complexity index is 971. The summed E-state index contributed by atoms with van der Waals surface area (Å²) in [6.07, 6.45) is -0.257. The highest BCUT2D eigenvalue weighted by Gasteiger charge is 2.31. The van der Waals surface area contributed by atoms with Crippen LogP contribution in [0.25, 0.3) is 0 Å². The third kappa shape index (κ3) is 10.1. The van der Waals surface area contributed by atoms with E-state index in [0.29, 0.717) is 5.56 Å². The fraction of sp³-hybridized carbons (Fsp3) is 0.655. The van der Waals surface area contributed by atoms with Crippen LogP contribution >= 0.6 is 0 Å². The molecule has 0 spiro atoms. The van der Waals surface area contributed by atoms with Crippen LogP contribution in [0.4, 0.5) is 0 Å². The van der Waals surface area contributed by atoms with Crippen molar-refractivity contribution in [1.29, 1.82) is 0 Å². The second kappa shape index (κ2) is 14.9. The lowest BCUT2D eigenvalue weighted by molar-refractivity contribution is -0.149. The van der Waals surface area contributed by atoms with Gasteiger partial charge in [-0.1, -0.05) is 61.5 Å². The van der Waals surface area contributed by atoms with Gasteiger partial charge in [-0.25, -0.2) is 0 Å². The molecule has 1 aromatic rings. The number of carboxylic acids is 1. The number of carboxylic acid groups (broad SMARTS) is 1. The minimum absolute atomic E-state index is 0.00338. The van der Waals surface area contributed by atoms with Crippen molar-refractivity contribution in [2.45, 2.75) is 93.2 Å². The Labute approximate surface area is 226 Å². The summed E-state index contributed by atoms with van der Waals surface area (Å²) in [5, 5.41) is 9.68. The Kier molecular flexibility index (Phi) is 12.9. The lowest BCUT2D eigenvalue weighted by Crippen LogP contribution is -2.38. The largest absolute Gasteiger partial charge is 0.480 e. The zero-order valence-corrected chi connectivity index (χ0v) is 24.1. The van der Waals surface area contributed by atoms with Gasteiger partial charge < -0.3 is 25.1 Å². The van der Waals surface area contributed by atoms with Crippen molar-refractivity contribution in [3.8, 4) is 11.5 Å². The van der Waals surface area contributed by atoms with Gasteiger partial charge in [-0.05, 0) is 48.8 Å². The van der Waals surface area contributed by atoms with Gasteiger partial charge in [0.05, 0.1) is 17.9 Å². The van der Waals surface area contributed by atoms with E-state index in [-0.39, 0.29) is 48.1 Å². The van der Waals surface area contributed by atoms with Gasteiger partial charge in [0.25, 0.3) is 0 Å². The van der Waals surface area contributed by atoms with Gasteiger partial charge >= 0.3 is 23.9 Å². The Hall–Kier alpha value is -2.94. The van der Waals surface area contributed by atoms with Crippen molar-refractivity contribution in [1.82, 2.24) is 0 Å². The summed E-state index contributed by atoms with van der Waals surface area (Å²) in [6.45, 7) is 16.5. The van der Waals surface area contributed by atoms with Crippen LogP contribution in [0.5, 0.6) is 11.5 Å². The molecule has 0 bridgehead atoms. The molecule has 0 aliphatic carbocycles. The van der Waals surface area contributed by atoms with Gasteiger partial charge in [-0.15, -0.1) is 0 Å². The smallest absolute Gasteiger partial charge is 0.321 e. The highest BCUT2D eigenvalue weighted by molar-refractivity contribution is 5.79. The van der Waals surface area contributed by atoms with Crippen LogP contribution in [0.3, 0.4) is 0 Å². The number of hydrogen-bond donors (Lipinski definition) is 2. The van der Waals surface area contributed by atoms with Crippen LogP contribution in [0, 0.1) is 29.6 Å². The number of nitrogens with two attached hydrogens (primary N) is 1. The lowest BCUT2D eigenvalue weighted by atomic mass is 9.87. The fourth-order valence-corrected chi connectivity index (χ4v) is 3.54. The van der Waals surface area contributed by atoms with Gasteiger partial charge in [0.1, 0.15) is 6.04 Å². The Balaban J connectivity index is 3.43. The van der Waals surface area contributed by atoms with E-state index in [2.05, 4.69) is 0 Å². The molecule has 0 aromatic heterocycles. The van der Waals surface area contributed by atoms with Gasteiger partial charge in [0.15, 0.2) is 11.5 Å². The fourth-order valence-electron chi connectivity index (χ4n) is 3.54. The lowest BCUT2D eigenvalue weighted by Gasteiger charge is -2.26. The maximum absolute atomic E-state index is 12.8. The molecule has 9 nitrogen and oxygen atoms in total. The molecular formula is C29H45NO8. The second-order valence-corrected chi connectivity index (χ2v) is 11.2. The SMILES string of the molecule is CC(C)CC(=O)OC(C)CC(c1ccc(OC(=O)C(C)C(C)C)c(OC(=O)C(C)C(C)C)c1)[C@H](N)C(=O)O. The van der Waals surface area contributed by atoms with Crippen molar-refractivity contribution in [2.24, 2.45) is 35.3 Å². The summed E-state index contributed by atoms with van der Waals surface area (Å²) in [5.41, 5.74) is 6.50. The van der Waals surface area contributed by atoms with Crippen LogP contribution < -0.4 is 15.2 Å². The summed E-state index contributed by atoms with van der Waals surface area (Å²) in [4.78, 5) is 49.5. The first-order valence-electron chi connectivity index (χ1n) is 13.3. The zero-order valence-electron chi connectivity index (χ0n) is 24.1.